The van der Waals surface area contributed by atoms with Crippen LogP contribution >= 0.6 is 0 Å². The van der Waals surface area contributed by atoms with Crippen molar-refractivity contribution < 1.29 is 13.9 Å². The lowest BCUT2D eigenvalue weighted by atomic mass is 9.97. The Morgan fingerprint density at radius 3 is 2.43 bits per heavy atom. The normalized spacial score (nSPS) is 16.2. The molecule has 0 radical (unpaired) electrons. The zero-order valence-corrected chi connectivity index (χ0v) is 16.5. The number of nitrogens with zero attached hydrogens (tertiary/aromatic N) is 3. The van der Waals surface area contributed by atoms with Crippen LogP contribution in [-0.4, -0.2) is 29.0 Å². The predicted octanol–water partition coefficient (Wildman–Crippen LogP) is 3.94. The van der Waals surface area contributed by atoms with E-state index >= 15 is 0 Å². The molecule has 0 aliphatic carbocycles. The second-order valence-electron chi connectivity index (χ2n) is 7.25. The van der Waals surface area contributed by atoms with Crippen LogP contribution < -0.4 is 15.0 Å². The van der Waals surface area contributed by atoms with Crippen LogP contribution in [0.3, 0.4) is 0 Å². The SMILES string of the molecule is O=C(NCc1ccc(Oc2ccc(F)cc2)cc1)[C@@H]1CCCN(c2ncccn2)C1. The summed E-state index contributed by atoms with van der Waals surface area (Å²) in [5, 5.41) is 3.03. The molecule has 6 nitrogen and oxygen atoms in total. The molecule has 1 fully saturated rings. The number of piperidine rings is 1. The summed E-state index contributed by atoms with van der Waals surface area (Å²) in [6.45, 7) is 1.94. The molecule has 30 heavy (non-hydrogen) atoms. The van der Waals surface area contributed by atoms with Gasteiger partial charge in [0.1, 0.15) is 17.3 Å². The van der Waals surface area contributed by atoms with Gasteiger partial charge in [0.25, 0.3) is 0 Å². The van der Waals surface area contributed by atoms with E-state index in [0.717, 1.165) is 24.9 Å². The van der Waals surface area contributed by atoms with Crippen LogP contribution in [0.1, 0.15) is 18.4 Å². The van der Waals surface area contributed by atoms with E-state index in [4.69, 9.17) is 4.74 Å². The topological polar surface area (TPSA) is 67.3 Å². The molecular weight excluding hydrogens is 383 g/mol. The lowest BCUT2D eigenvalue weighted by Crippen LogP contribution is -2.43. The van der Waals surface area contributed by atoms with Crippen molar-refractivity contribution in [1.82, 2.24) is 15.3 Å². The number of nitrogens with one attached hydrogen (secondary N) is 1. The summed E-state index contributed by atoms with van der Waals surface area (Å²) in [4.78, 5) is 23.3. The standard InChI is InChI=1S/C23H23FN4O2/c24-19-6-10-21(11-7-19)30-20-8-4-17(5-9-20)15-27-22(29)18-3-1-14-28(16-18)23-25-12-2-13-26-23/h2,4-13,18H,1,3,14-16H2,(H,27,29)/t18-/m1/s1. The highest BCUT2D eigenvalue weighted by atomic mass is 19.1. The second kappa shape index (κ2) is 9.35. The van der Waals surface area contributed by atoms with Gasteiger partial charge in [0.05, 0.1) is 5.92 Å². The molecule has 7 heteroatoms. The number of carbonyl (C=O) groups excluding carboxylic acids is 1. The predicted molar refractivity (Wildman–Crippen MR) is 112 cm³/mol. The molecular formula is C23H23FN4O2. The van der Waals surface area contributed by atoms with Crippen LogP contribution in [0.2, 0.25) is 0 Å². The number of anilines is 1. The van der Waals surface area contributed by atoms with E-state index in [9.17, 15) is 9.18 Å². The Morgan fingerprint density at radius 2 is 1.73 bits per heavy atom. The minimum Gasteiger partial charge on any atom is -0.457 e. The van der Waals surface area contributed by atoms with Crippen LogP contribution in [-0.2, 0) is 11.3 Å². The van der Waals surface area contributed by atoms with Crippen molar-refractivity contribution in [1.29, 1.82) is 0 Å². The van der Waals surface area contributed by atoms with Crippen LogP contribution in [0.5, 0.6) is 11.5 Å². The summed E-state index contributed by atoms with van der Waals surface area (Å²) >= 11 is 0. The fourth-order valence-electron chi connectivity index (χ4n) is 3.47. The largest absolute Gasteiger partial charge is 0.457 e. The van der Waals surface area contributed by atoms with E-state index in [1.807, 2.05) is 24.3 Å². The number of benzene rings is 2. The molecule has 0 unspecified atom stereocenters. The average Bonchev–Trinajstić information content (AvgIpc) is 2.80. The second-order valence-corrected chi connectivity index (χ2v) is 7.25. The maximum atomic E-state index is 13.0. The number of amides is 1. The molecule has 1 amide bonds. The fraction of sp³-hybridized carbons (Fsp3) is 0.261. The van der Waals surface area contributed by atoms with Crippen molar-refractivity contribution >= 4 is 11.9 Å². The van der Waals surface area contributed by atoms with Gasteiger partial charge in [-0.25, -0.2) is 14.4 Å². The van der Waals surface area contributed by atoms with Crippen LogP contribution in [0, 0.1) is 11.7 Å². The summed E-state index contributed by atoms with van der Waals surface area (Å²) in [5.74, 6) is 1.56. The van der Waals surface area contributed by atoms with E-state index < -0.39 is 0 Å². The highest BCUT2D eigenvalue weighted by Crippen LogP contribution is 2.23. The van der Waals surface area contributed by atoms with Gasteiger partial charge in [-0.15, -0.1) is 0 Å². The van der Waals surface area contributed by atoms with Crippen molar-refractivity contribution in [3.8, 4) is 11.5 Å². The van der Waals surface area contributed by atoms with Gasteiger partial charge in [0.2, 0.25) is 11.9 Å². The zero-order chi connectivity index (χ0) is 20.8. The summed E-state index contributed by atoms with van der Waals surface area (Å²) in [6.07, 6.45) is 5.23. The molecule has 2 heterocycles. The number of halogens is 1. The van der Waals surface area contributed by atoms with Crippen molar-refractivity contribution in [2.75, 3.05) is 18.0 Å². The first-order valence-corrected chi connectivity index (χ1v) is 9.99. The van der Waals surface area contributed by atoms with Crippen molar-refractivity contribution in [2.45, 2.75) is 19.4 Å². The fourth-order valence-corrected chi connectivity index (χ4v) is 3.47. The Hall–Kier alpha value is -3.48. The molecule has 1 N–H and O–H groups in total. The summed E-state index contributed by atoms with van der Waals surface area (Å²) < 4.78 is 18.7. The summed E-state index contributed by atoms with van der Waals surface area (Å²) in [5.41, 5.74) is 0.980. The molecule has 1 aliphatic rings. The van der Waals surface area contributed by atoms with E-state index in [1.54, 1.807) is 30.6 Å². The number of aromatic nitrogens is 2. The molecule has 4 rings (SSSR count). The highest BCUT2D eigenvalue weighted by Gasteiger charge is 2.26. The Balaban J connectivity index is 1.28. The third-order valence-corrected chi connectivity index (χ3v) is 5.07. The van der Waals surface area contributed by atoms with Gasteiger partial charge >= 0.3 is 0 Å². The number of hydrogen-bond acceptors (Lipinski definition) is 5. The first-order valence-electron chi connectivity index (χ1n) is 9.99. The summed E-state index contributed by atoms with van der Waals surface area (Å²) in [6, 6.07) is 15.1. The Labute approximate surface area is 174 Å². The van der Waals surface area contributed by atoms with Crippen molar-refractivity contribution in [3.63, 3.8) is 0 Å². The molecule has 2 aromatic carbocycles. The van der Waals surface area contributed by atoms with E-state index in [-0.39, 0.29) is 17.6 Å². The van der Waals surface area contributed by atoms with Gasteiger partial charge in [0, 0.05) is 32.0 Å². The molecule has 1 aromatic heterocycles. The minimum absolute atomic E-state index is 0.0438. The molecule has 1 atom stereocenters. The van der Waals surface area contributed by atoms with Gasteiger partial charge in [-0.2, -0.15) is 0 Å². The van der Waals surface area contributed by atoms with E-state index in [1.165, 1.54) is 12.1 Å². The third-order valence-electron chi connectivity index (χ3n) is 5.07. The zero-order valence-electron chi connectivity index (χ0n) is 16.5. The van der Waals surface area contributed by atoms with Crippen LogP contribution in [0.25, 0.3) is 0 Å². The Kier molecular flexibility index (Phi) is 6.17. The van der Waals surface area contributed by atoms with Crippen molar-refractivity contribution in [3.05, 3.63) is 78.4 Å². The van der Waals surface area contributed by atoms with Gasteiger partial charge in [-0.3, -0.25) is 4.79 Å². The number of hydrogen-bond donors (Lipinski definition) is 1. The van der Waals surface area contributed by atoms with E-state index in [2.05, 4.69) is 20.2 Å². The first kappa shape index (κ1) is 19.8. The molecule has 1 aliphatic heterocycles. The minimum atomic E-state index is -0.300. The maximum Gasteiger partial charge on any atom is 0.225 e. The first-order chi connectivity index (χ1) is 14.7. The quantitative estimate of drug-likeness (QED) is 0.672. The van der Waals surface area contributed by atoms with Gasteiger partial charge in [-0.1, -0.05) is 12.1 Å². The molecule has 154 valence electrons. The van der Waals surface area contributed by atoms with Gasteiger partial charge in [0.15, 0.2) is 0 Å². The molecule has 3 aromatic rings. The smallest absolute Gasteiger partial charge is 0.225 e. The van der Waals surface area contributed by atoms with Gasteiger partial charge < -0.3 is 15.0 Å². The lowest BCUT2D eigenvalue weighted by molar-refractivity contribution is -0.125. The molecule has 0 spiro atoms. The molecule has 0 bridgehead atoms. The highest BCUT2D eigenvalue weighted by molar-refractivity contribution is 5.79. The van der Waals surface area contributed by atoms with Crippen LogP contribution in [0.15, 0.2) is 67.0 Å². The van der Waals surface area contributed by atoms with Gasteiger partial charge in [-0.05, 0) is 60.9 Å². The summed E-state index contributed by atoms with van der Waals surface area (Å²) in [7, 11) is 0. The maximum absolute atomic E-state index is 13.0. The average molecular weight is 406 g/mol. The van der Waals surface area contributed by atoms with Crippen LogP contribution in [0.4, 0.5) is 10.3 Å². The molecule has 1 saturated heterocycles. The Morgan fingerprint density at radius 1 is 1.07 bits per heavy atom. The molecule has 0 saturated carbocycles. The lowest BCUT2D eigenvalue weighted by Gasteiger charge is -2.31. The number of carbonyl (C=O) groups is 1. The van der Waals surface area contributed by atoms with Crippen molar-refractivity contribution in [2.24, 2.45) is 5.92 Å². The van der Waals surface area contributed by atoms with E-state index in [0.29, 0.717) is 30.5 Å². The number of ether oxygens (including phenoxy) is 1. The monoisotopic (exact) mass is 406 g/mol. The third kappa shape index (κ3) is 5.11. The Bertz CT molecular complexity index is 965. The number of rotatable bonds is 6.